The van der Waals surface area contributed by atoms with Gasteiger partial charge in [0.25, 0.3) is 0 Å². The second-order valence-corrected chi connectivity index (χ2v) is 7.24. The molecule has 120 valence electrons. The summed E-state index contributed by atoms with van der Waals surface area (Å²) in [7, 11) is 0. The molecule has 0 saturated carbocycles. The Balaban J connectivity index is 2.49. The maximum Gasteiger partial charge on any atom is 0.0246 e. The standard InChI is InChI=1S/C18H38N2/c1-6-8-9-10-11-20-14-17(12-15(3)4)19-13-18(20)16(5)7-2/h15-19H,6-14H2,1-5H3. The summed E-state index contributed by atoms with van der Waals surface area (Å²) in [4.78, 5) is 2.80. The second-order valence-electron chi connectivity index (χ2n) is 7.24. The lowest BCUT2D eigenvalue weighted by Gasteiger charge is -2.43. The van der Waals surface area contributed by atoms with Gasteiger partial charge in [-0.1, -0.05) is 60.3 Å². The number of hydrogen-bond acceptors (Lipinski definition) is 2. The molecule has 0 amide bonds. The Bertz CT molecular complexity index is 240. The van der Waals surface area contributed by atoms with Crippen molar-refractivity contribution in [3.05, 3.63) is 0 Å². The highest BCUT2D eigenvalue weighted by molar-refractivity contribution is 4.88. The van der Waals surface area contributed by atoms with Crippen molar-refractivity contribution in [2.75, 3.05) is 19.6 Å². The van der Waals surface area contributed by atoms with Crippen LogP contribution in [0.5, 0.6) is 0 Å². The predicted octanol–water partition coefficient (Wildman–Crippen LogP) is 4.30. The first-order chi connectivity index (χ1) is 9.58. The molecule has 0 aliphatic carbocycles. The lowest BCUT2D eigenvalue weighted by atomic mass is 9.92. The number of unbranched alkanes of at least 4 members (excludes halogenated alkanes) is 3. The number of nitrogens with one attached hydrogen (secondary N) is 1. The Kier molecular flexibility index (Phi) is 8.79. The van der Waals surface area contributed by atoms with Gasteiger partial charge in [0.05, 0.1) is 0 Å². The molecular formula is C18H38N2. The molecule has 0 bridgehead atoms. The van der Waals surface area contributed by atoms with E-state index in [0.717, 1.165) is 17.9 Å². The zero-order chi connectivity index (χ0) is 15.0. The molecule has 1 fully saturated rings. The van der Waals surface area contributed by atoms with E-state index >= 15 is 0 Å². The Morgan fingerprint density at radius 1 is 1.10 bits per heavy atom. The van der Waals surface area contributed by atoms with E-state index in [4.69, 9.17) is 0 Å². The monoisotopic (exact) mass is 282 g/mol. The first-order valence-corrected chi connectivity index (χ1v) is 9.05. The molecule has 1 N–H and O–H groups in total. The van der Waals surface area contributed by atoms with Gasteiger partial charge in [0.15, 0.2) is 0 Å². The number of hydrogen-bond donors (Lipinski definition) is 1. The van der Waals surface area contributed by atoms with Gasteiger partial charge in [0, 0.05) is 25.2 Å². The van der Waals surface area contributed by atoms with Crippen molar-refractivity contribution in [3.63, 3.8) is 0 Å². The fraction of sp³-hybridized carbons (Fsp3) is 1.00. The molecule has 0 aromatic rings. The largest absolute Gasteiger partial charge is 0.311 e. The van der Waals surface area contributed by atoms with Crippen LogP contribution in [0, 0.1) is 11.8 Å². The summed E-state index contributed by atoms with van der Waals surface area (Å²) in [5, 5.41) is 3.81. The van der Waals surface area contributed by atoms with Gasteiger partial charge in [-0.3, -0.25) is 4.90 Å². The van der Waals surface area contributed by atoms with E-state index in [9.17, 15) is 0 Å². The first kappa shape index (κ1) is 18.0. The molecule has 1 rings (SSSR count). The second kappa shape index (κ2) is 9.78. The van der Waals surface area contributed by atoms with Crippen molar-refractivity contribution in [1.82, 2.24) is 10.2 Å². The zero-order valence-electron chi connectivity index (χ0n) is 14.6. The highest BCUT2D eigenvalue weighted by atomic mass is 15.2. The summed E-state index contributed by atoms with van der Waals surface area (Å²) in [6, 6.07) is 1.46. The molecular weight excluding hydrogens is 244 g/mol. The van der Waals surface area contributed by atoms with Crippen LogP contribution in [0.4, 0.5) is 0 Å². The van der Waals surface area contributed by atoms with Gasteiger partial charge in [-0.05, 0) is 31.2 Å². The lowest BCUT2D eigenvalue weighted by Crippen LogP contribution is -2.58. The van der Waals surface area contributed by atoms with E-state index in [-0.39, 0.29) is 0 Å². The minimum absolute atomic E-state index is 0.710. The van der Waals surface area contributed by atoms with Crippen molar-refractivity contribution >= 4 is 0 Å². The average Bonchev–Trinajstić information content (AvgIpc) is 2.42. The number of nitrogens with zero attached hydrogens (tertiary/aromatic N) is 1. The molecule has 3 atom stereocenters. The first-order valence-electron chi connectivity index (χ1n) is 9.05. The number of rotatable bonds is 9. The van der Waals surface area contributed by atoms with Gasteiger partial charge in [0.2, 0.25) is 0 Å². The van der Waals surface area contributed by atoms with Crippen molar-refractivity contribution in [2.45, 2.75) is 85.2 Å². The van der Waals surface area contributed by atoms with Gasteiger partial charge in [-0.15, -0.1) is 0 Å². The Morgan fingerprint density at radius 2 is 1.85 bits per heavy atom. The van der Waals surface area contributed by atoms with Crippen LogP contribution in [-0.2, 0) is 0 Å². The zero-order valence-corrected chi connectivity index (χ0v) is 14.6. The molecule has 2 nitrogen and oxygen atoms in total. The molecule has 1 aliphatic heterocycles. The SMILES string of the molecule is CCCCCCN1CC(CC(C)C)NCC1C(C)CC. The van der Waals surface area contributed by atoms with Crippen LogP contribution < -0.4 is 5.32 Å². The van der Waals surface area contributed by atoms with Crippen LogP contribution in [0.25, 0.3) is 0 Å². The van der Waals surface area contributed by atoms with E-state index in [1.165, 1.54) is 58.2 Å². The molecule has 0 radical (unpaired) electrons. The summed E-state index contributed by atoms with van der Waals surface area (Å²) in [5.74, 6) is 1.61. The maximum absolute atomic E-state index is 3.81. The summed E-state index contributed by atoms with van der Waals surface area (Å²) >= 11 is 0. The van der Waals surface area contributed by atoms with Gasteiger partial charge < -0.3 is 5.32 Å². The summed E-state index contributed by atoms with van der Waals surface area (Å²) < 4.78 is 0. The molecule has 3 unspecified atom stereocenters. The highest BCUT2D eigenvalue weighted by Crippen LogP contribution is 2.21. The fourth-order valence-corrected chi connectivity index (χ4v) is 3.46. The quantitative estimate of drug-likeness (QED) is 0.634. The molecule has 1 saturated heterocycles. The normalized spacial score (nSPS) is 26.1. The minimum Gasteiger partial charge on any atom is -0.311 e. The van der Waals surface area contributed by atoms with Crippen molar-refractivity contribution in [1.29, 1.82) is 0 Å². The summed E-state index contributed by atoms with van der Waals surface area (Å²) in [6.45, 7) is 15.5. The Labute approximate surface area is 127 Å². The predicted molar refractivity (Wildman–Crippen MR) is 90.2 cm³/mol. The smallest absolute Gasteiger partial charge is 0.0246 e. The Morgan fingerprint density at radius 3 is 2.45 bits per heavy atom. The van der Waals surface area contributed by atoms with Crippen molar-refractivity contribution in [3.8, 4) is 0 Å². The highest BCUT2D eigenvalue weighted by Gasteiger charge is 2.30. The van der Waals surface area contributed by atoms with E-state index in [1.807, 2.05) is 0 Å². The summed E-state index contributed by atoms with van der Waals surface area (Å²) in [6.07, 6.45) is 8.14. The molecule has 2 heteroatoms. The molecule has 20 heavy (non-hydrogen) atoms. The van der Waals surface area contributed by atoms with Crippen LogP contribution in [-0.4, -0.2) is 36.6 Å². The van der Waals surface area contributed by atoms with Crippen molar-refractivity contribution in [2.24, 2.45) is 11.8 Å². The van der Waals surface area contributed by atoms with Crippen LogP contribution >= 0.6 is 0 Å². The van der Waals surface area contributed by atoms with Crippen molar-refractivity contribution < 1.29 is 0 Å². The summed E-state index contributed by atoms with van der Waals surface area (Å²) in [5.41, 5.74) is 0. The lowest BCUT2D eigenvalue weighted by molar-refractivity contribution is 0.0838. The van der Waals surface area contributed by atoms with Crippen LogP contribution in [0.3, 0.4) is 0 Å². The third-order valence-electron chi connectivity index (χ3n) is 4.90. The Hall–Kier alpha value is -0.0800. The van der Waals surface area contributed by atoms with E-state index in [1.54, 1.807) is 0 Å². The molecule has 1 heterocycles. The molecule has 0 aromatic carbocycles. The van der Waals surface area contributed by atoms with E-state index in [0.29, 0.717) is 6.04 Å². The molecule has 0 spiro atoms. The average molecular weight is 283 g/mol. The van der Waals surface area contributed by atoms with Crippen LogP contribution in [0.1, 0.15) is 73.1 Å². The van der Waals surface area contributed by atoms with Gasteiger partial charge in [-0.2, -0.15) is 0 Å². The molecule has 1 aliphatic rings. The maximum atomic E-state index is 3.81. The third-order valence-corrected chi connectivity index (χ3v) is 4.90. The molecule has 0 aromatic heterocycles. The minimum atomic E-state index is 0.710. The topological polar surface area (TPSA) is 15.3 Å². The van der Waals surface area contributed by atoms with Crippen LogP contribution in [0.15, 0.2) is 0 Å². The third kappa shape index (κ3) is 6.13. The van der Waals surface area contributed by atoms with E-state index in [2.05, 4.69) is 44.8 Å². The van der Waals surface area contributed by atoms with Gasteiger partial charge >= 0.3 is 0 Å². The fourth-order valence-electron chi connectivity index (χ4n) is 3.46. The van der Waals surface area contributed by atoms with E-state index < -0.39 is 0 Å². The number of piperazine rings is 1. The van der Waals surface area contributed by atoms with Gasteiger partial charge in [0.1, 0.15) is 0 Å². The van der Waals surface area contributed by atoms with Gasteiger partial charge in [-0.25, -0.2) is 0 Å². The van der Waals surface area contributed by atoms with Crippen LogP contribution in [0.2, 0.25) is 0 Å².